The lowest BCUT2D eigenvalue weighted by atomic mass is 10.0. The van der Waals surface area contributed by atoms with E-state index in [1.54, 1.807) is 0 Å². The number of rotatable bonds is 43. The zero-order chi connectivity index (χ0) is 39.3. The summed E-state index contributed by atoms with van der Waals surface area (Å²) < 4.78 is 6.03. The molecule has 0 aromatic heterocycles. The van der Waals surface area contributed by atoms with E-state index in [1.165, 1.54) is 141 Å². The van der Waals surface area contributed by atoms with E-state index in [2.05, 4.69) is 62.5 Å². The number of carbonyl (C=O) groups excluding carboxylic acids is 1. The van der Waals surface area contributed by atoms with E-state index < -0.39 is 5.97 Å². The summed E-state index contributed by atoms with van der Waals surface area (Å²) in [6, 6.07) is 0. The average molecular weight is 755 g/mol. The minimum atomic E-state index is -0.704. The van der Waals surface area contributed by atoms with Gasteiger partial charge in [-0.2, -0.15) is 0 Å². The zero-order valence-electron chi connectivity index (χ0n) is 36.0. The molecule has 0 bridgehead atoms. The average Bonchev–Trinajstić information content (AvgIpc) is 3.16. The molecular formula is C50H90O4. The van der Waals surface area contributed by atoms with Gasteiger partial charge in [0.05, 0.1) is 0 Å². The molecule has 0 rings (SSSR count). The highest BCUT2D eigenvalue weighted by Crippen LogP contribution is 2.19. The number of hydrogen-bond acceptors (Lipinski definition) is 3. The fourth-order valence-electron chi connectivity index (χ4n) is 7.01. The summed E-state index contributed by atoms with van der Waals surface area (Å²) in [4.78, 5) is 23.5. The molecular weight excluding hydrogens is 665 g/mol. The van der Waals surface area contributed by atoms with Crippen LogP contribution in [0.15, 0.2) is 48.6 Å². The van der Waals surface area contributed by atoms with Gasteiger partial charge in [0.15, 0.2) is 0 Å². The molecule has 1 unspecified atom stereocenters. The monoisotopic (exact) mass is 755 g/mol. The predicted octanol–water partition coefficient (Wildman–Crippen LogP) is 16.7. The fourth-order valence-corrected chi connectivity index (χ4v) is 7.01. The summed E-state index contributed by atoms with van der Waals surface area (Å²) in [5.41, 5.74) is 0. The largest absolute Gasteiger partial charge is 0.481 e. The van der Waals surface area contributed by atoms with Crippen LogP contribution in [0.1, 0.15) is 251 Å². The van der Waals surface area contributed by atoms with Crippen LogP contribution in [0.5, 0.6) is 0 Å². The van der Waals surface area contributed by atoms with Crippen molar-refractivity contribution in [1.82, 2.24) is 0 Å². The van der Waals surface area contributed by atoms with Crippen LogP contribution in [0.3, 0.4) is 0 Å². The standard InChI is InChI=1S/C50H90O4/c1-3-5-7-9-11-13-15-17-19-20-21-22-23-24-26-28-30-32-34-39-43-47-50(53)54-48(45-41-37-35-38-42-46-49(51)52)44-40-36-33-31-29-27-25-18-16-14-12-10-8-6-4-2/h15-18,20-21,27,29,48H,3-14,19,22-26,28,30-47H2,1-2H3,(H,51,52)/b17-15-,18-16-,21-20-,29-27-. The molecule has 314 valence electrons. The van der Waals surface area contributed by atoms with Gasteiger partial charge >= 0.3 is 11.9 Å². The number of hydrogen-bond donors (Lipinski definition) is 1. The first-order chi connectivity index (χ1) is 26.6. The van der Waals surface area contributed by atoms with Crippen LogP contribution in [0.4, 0.5) is 0 Å². The van der Waals surface area contributed by atoms with Crippen LogP contribution >= 0.6 is 0 Å². The molecule has 1 atom stereocenters. The third kappa shape index (κ3) is 44.3. The molecule has 0 aliphatic carbocycles. The van der Waals surface area contributed by atoms with Crippen molar-refractivity contribution in [2.24, 2.45) is 0 Å². The van der Waals surface area contributed by atoms with Gasteiger partial charge in [0, 0.05) is 12.8 Å². The Labute approximate surface area is 336 Å². The molecule has 0 heterocycles. The summed E-state index contributed by atoms with van der Waals surface area (Å²) in [7, 11) is 0. The van der Waals surface area contributed by atoms with Gasteiger partial charge in [-0.05, 0) is 103 Å². The lowest BCUT2D eigenvalue weighted by Crippen LogP contribution is -2.18. The third-order valence-electron chi connectivity index (χ3n) is 10.5. The molecule has 0 saturated heterocycles. The van der Waals surface area contributed by atoms with Gasteiger partial charge in [0.1, 0.15) is 6.10 Å². The van der Waals surface area contributed by atoms with Crippen LogP contribution in [0, 0.1) is 0 Å². The van der Waals surface area contributed by atoms with Crippen molar-refractivity contribution < 1.29 is 19.4 Å². The quantitative estimate of drug-likeness (QED) is 0.0382. The maximum atomic E-state index is 12.8. The summed E-state index contributed by atoms with van der Waals surface area (Å²) >= 11 is 0. The van der Waals surface area contributed by atoms with E-state index >= 15 is 0 Å². The first-order valence-corrected chi connectivity index (χ1v) is 23.6. The summed E-state index contributed by atoms with van der Waals surface area (Å²) in [5, 5.41) is 8.85. The maximum Gasteiger partial charge on any atom is 0.306 e. The SMILES string of the molecule is CCCCCCC/C=C\C/C=C\CCCCCCCCCCCC(=O)OC(CCCCC/C=C\C/C=C\CCCCCCC)CCCCCCCC(=O)O. The summed E-state index contributed by atoms with van der Waals surface area (Å²) in [6.07, 6.45) is 61.5. The molecule has 0 aliphatic heterocycles. The van der Waals surface area contributed by atoms with Gasteiger partial charge in [-0.15, -0.1) is 0 Å². The van der Waals surface area contributed by atoms with E-state index in [9.17, 15) is 9.59 Å². The molecule has 4 nitrogen and oxygen atoms in total. The van der Waals surface area contributed by atoms with Crippen molar-refractivity contribution >= 4 is 11.9 Å². The Morgan fingerprint density at radius 2 is 0.722 bits per heavy atom. The Bertz CT molecular complexity index is 900. The number of ether oxygens (including phenoxy) is 1. The van der Waals surface area contributed by atoms with Crippen molar-refractivity contribution in [1.29, 1.82) is 0 Å². The Balaban J connectivity index is 4.01. The lowest BCUT2D eigenvalue weighted by Gasteiger charge is -2.18. The molecule has 54 heavy (non-hydrogen) atoms. The molecule has 0 fully saturated rings. The molecule has 0 amide bonds. The Hall–Kier alpha value is -2.10. The van der Waals surface area contributed by atoms with E-state index in [-0.39, 0.29) is 18.5 Å². The third-order valence-corrected chi connectivity index (χ3v) is 10.5. The highest BCUT2D eigenvalue weighted by molar-refractivity contribution is 5.69. The van der Waals surface area contributed by atoms with E-state index in [0.717, 1.165) is 83.5 Å². The van der Waals surface area contributed by atoms with Gasteiger partial charge in [-0.3, -0.25) is 9.59 Å². The molecule has 0 aliphatic rings. The summed E-state index contributed by atoms with van der Waals surface area (Å²) in [5.74, 6) is -0.717. The highest BCUT2D eigenvalue weighted by atomic mass is 16.5. The Morgan fingerprint density at radius 3 is 1.11 bits per heavy atom. The van der Waals surface area contributed by atoms with E-state index in [0.29, 0.717) is 6.42 Å². The second kappa shape index (κ2) is 45.3. The Kier molecular flexibility index (Phi) is 43.5. The van der Waals surface area contributed by atoms with Gasteiger partial charge in [0.2, 0.25) is 0 Å². The fraction of sp³-hybridized carbons (Fsp3) is 0.800. The molecule has 0 radical (unpaired) electrons. The van der Waals surface area contributed by atoms with Crippen LogP contribution in [-0.2, 0) is 14.3 Å². The first-order valence-electron chi connectivity index (χ1n) is 23.6. The number of carbonyl (C=O) groups is 2. The summed E-state index contributed by atoms with van der Waals surface area (Å²) in [6.45, 7) is 4.54. The van der Waals surface area contributed by atoms with Crippen LogP contribution in [0.25, 0.3) is 0 Å². The smallest absolute Gasteiger partial charge is 0.306 e. The van der Waals surface area contributed by atoms with Crippen LogP contribution < -0.4 is 0 Å². The minimum absolute atomic E-state index is 0.0127. The maximum absolute atomic E-state index is 12.8. The van der Waals surface area contributed by atoms with Crippen molar-refractivity contribution in [2.75, 3.05) is 0 Å². The minimum Gasteiger partial charge on any atom is -0.481 e. The number of carboxylic acid groups (broad SMARTS) is 1. The highest BCUT2D eigenvalue weighted by Gasteiger charge is 2.14. The number of unbranched alkanes of at least 4 members (excludes halogenated alkanes) is 26. The number of aliphatic carboxylic acids is 1. The lowest BCUT2D eigenvalue weighted by molar-refractivity contribution is -0.150. The molecule has 0 spiro atoms. The molecule has 0 aromatic carbocycles. The first kappa shape index (κ1) is 51.9. The van der Waals surface area contributed by atoms with Crippen molar-refractivity contribution in [3.8, 4) is 0 Å². The molecule has 1 N–H and O–H groups in total. The predicted molar refractivity (Wildman–Crippen MR) is 236 cm³/mol. The van der Waals surface area contributed by atoms with Crippen molar-refractivity contribution in [2.45, 2.75) is 258 Å². The number of allylic oxidation sites excluding steroid dienone is 8. The number of carboxylic acids is 1. The molecule has 0 aromatic rings. The van der Waals surface area contributed by atoms with E-state index in [1.807, 2.05) is 0 Å². The normalized spacial score (nSPS) is 12.6. The molecule has 0 saturated carbocycles. The second-order valence-corrected chi connectivity index (χ2v) is 15.9. The van der Waals surface area contributed by atoms with Gasteiger partial charge in [-0.1, -0.05) is 184 Å². The van der Waals surface area contributed by atoms with E-state index in [4.69, 9.17) is 9.84 Å². The topological polar surface area (TPSA) is 63.6 Å². The molecule has 4 heteroatoms. The zero-order valence-corrected chi connectivity index (χ0v) is 36.0. The Morgan fingerprint density at radius 1 is 0.407 bits per heavy atom. The van der Waals surface area contributed by atoms with Crippen LogP contribution in [-0.4, -0.2) is 23.1 Å². The van der Waals surface area contributed by atoms with Gasteiger partial charge in [0.25, 0.3) is 0 Å². The van der Waals surface area contributed by atoms with Gasteiger partial charge < -0.3 is 9.84 Å². The van der Waals surface area contributed by atoms with Crippen LogP contribution in [0.2, 0.25) is 0 Å². The van der Waals surface area contributed by atoms with Crippen molar-refractivity contribution in [3.05, 3.63) is 48.6 Å². The number of esters is 1. The van der Waals surface area contributed by atoms with Gasteiger partial charge in [-0.25, -0.2) is 0 Å². The second-order valence-electron chi connectivity index (χ2n) is 15.9. The van der Waals surface area contributed by atoms with Crippen molar-refractivity contribution in [3.63, 3.8) is 0 Å².